The van der Waals surface area contributed by atoms with E-state index in [1.165, 1.54) is 0 Å². The van der Waals surface area contributed by atoms with Crippen LogP contribution in [0.5, 0.6) is 0 Å². The third-order valence-corrected chi connectivity index (χ3v) is 6.90. The van der Waals surface area contributed by atoms with Gasteiger partial charge in [-0.05, 0) is 48.7 Å². The lowest BCUT2D eigenvalue weighted by Crippen LogP contribution is -2.54. The lowest BCUT2D eigenvalue weighted by atomic mass is 9.70. The highest BCUT2D eigenvalue weighted by Crippen LogP contribution is 2.50. The lowest BCUT2D eigenvalue weighted by molar-refractivity contribution is -0.134. The van der Waals surface area contributed by atoms with Crippen molar-refractivity contribution in [3.05, 3.63) is 95.0 Å². The van der Waals surface area contributed by atoms with Gasteiger partial charge in [-0.25, -0.2) is 0 Å². The molecule has 1 saturated carbocycles. The average molecular weight is 445 g/mol. The van der Waals surface area contributed by atoms with Gasteiger partial charge in [-0.1, -0.05) is 66.6 Å². The predicted molar refractivity (Wildman–Crippen MR) is 128 cm³/mol. The van der Waals surface area contributed by atoms with Gasteiger partial charge in [-0.2, -0.15) is 0 Å². The molecule has 2 atom stereocenters. The van der Waals surface area contributed by atoms with Crippen molar-refractivity contribution >= 4 is 34.7 Å². The van der Waals surface area contributed by atoms with Gasteiger partial charge in [0.05, 0.1) is 18.2 Å². The lowest BCUT2D eigenvalue weighted by Gasteiger charge is -2.39. The van der Waals surface area contributed by atoms with Gasteiger partial charge in [0.25, 0.3) is 5.91 Å². The first-order chi connectivity index (χ1) is 15.6. The zero-order valence-electron chi connectivity index (χ0n) is 17.8. The Balaban J connectivity index is 1.65. The molecule has 2 aliphatic rings. The fraction of sp³-hybridized carbons (Fsp3) is 0.259. The van der Waals surface area contributed by atoms with Crippen molar-refractivity contribution in [1.82, 2.24) is 0 Å². The van der Waals surface area contributed by atoms with E-state index in [1.54, 1.807) is 12.1 Å². The summed E-state index contributed by atoms with van der Waals surface area (Å²) in [6.07, 6.45) is 3.03. The topological polar surface area (TPSA) is 49.4 Å². The zero-order valence-corrected chi connectivity index (χ0v) is 18.5. The van der Waals surface area contributed by atoms with Gasteiger partial charge >= 0.3 is 0 Å². The third-order valence-electron chi connectivity index (χ3n) is 6.65. The molecule has 5 rings (SSSR count). The Labute approximate surface area is 193 Å². The second-order valence-electron chi connectivity index (χ2n) is 8.60. The molecule has 0 spiro atoms. The molecule has 1 N–H and O–H groups in total. The van der Waals surface area contributed by atoms with Gasteiger partial charge in [0.15, 0.2) is 5.54 Å². The summed E-state index contributed by atoms with van der Waals surface area (Å²) in [5, 5.41) is 4.16. The average Bonchev–Trinajstić information content (AvgIpc) is 3.05. The third kappa shape index (κ3) is 3.49. The molecule has 32 heavy (non-hydrogen) atoms. The highest BCUT2D eigenvalue weighted by Gasteiger charge is 2.57. The van der Waals surface area contributed by atoms with Gasteiger partial charge in [0.1, 0.15) is 5.78 Å². The minimum atomic E-state index is -1.13. The highest BCUT2D eigenvalue weighted by atomic mass is 35.5. The molecular weight excluding hydrogens is 420 g/mol. The summed E-state index contributed by atoms with van der Waals surface area (Å²) >= 11 is 6.10. The monoisotopic (exact) mass is 444 g/mol. The van der Waals surface area contributed by atoms with Crippen LogP contribution in [-0.4, -0.2) is 11.7 Å². The Morgan fingerprint density at radius 1 is 0.906 bits per heavy atom. The number of para-hydroxylation sites is 1. The Kier molecular flexibility index (Phi) is 5.48. The molecular formula is C27H25ClN2O2. The molecule has 1 heterocycles. The molecule has 3 aromatic carbocycles. The Morgan fingerprint density at radius 2 is 1.62 bits per heavy atom. The molecule has 4 nitrogen and oxygen atoms in total. The van der Waals surface area contributed by atoms with E-state index in [2.05, 4.69) is 5.32 Å². The van der Waals surface area contributed by atoms with E-state index in [-0.39, 0.29) is 11.7 Å². The van der Waals surface area contributed by atoms with Crippen LogP contribution < -0.4 is 10.2 Å². The van der Waals surface area contributed by atoms with Gasteiger partial charge < -0.3 is 10.2 Å². The number of hydrogen-bond donors (Lipinski definition) is 1. The fourth-order valence-electron chi connectivity index (χ4n) is 5.15. The van der Waals surface area contributed by atoms with E-state index in [0.29, 0.717) is 24.4 Å². The van der Waals surface area contributed by atoms with Crippen LogP contribution in [0.15, 0.2) is 78.9 Å². The van der Waals surface area contributed by atoms with E-state index in [1.807, 2.05) is 71.6 Å². The largest absolute Gasteiger partial charge is 0.367 e. The highest BCUT2D eigenvalue weighted by molar-refractivity contribution is 6.30. The summed E-state index contributed by atoms with van der Waals surface area (Å²) < 4.78 is 0. The van der Waals surface area contributed by atoms with Crippen LogP contribution in [0.3, 0.4) is 0 Å². The maximum atomic E-state index is 14.3. The maximum Gasteiger partial charge on any atom is 0.258 e. The van der Waals surface area contributed by atoms with Crippen molar-refractivity contribution < 1.29 is 9.59 Å². The standard InChI is InChI=1S/C27H25ClN2O2/c28-20-14-16-21(17-15-20)29-27(23-11-5-7-13-25(23)31)22-10-4-6-12-24(22)30(26(27)32)18-19-8-2-1-3-9-19/h1-4,6,8-10,12,14-17,23,29H,5,7,11,13,18H2. The van der Waals surface area contributed by atoms with Crippen molar-refractivity contribution in [3.8, 4) is 0 Å². The molecule has 1 amide bonds. The molecule has 2 unspecified atom stereocenters. The second-order valence-corrected chi connectivity index (χ2v) is 9.04. The summed E-state index contributed by atoms with van der Waals surface area (Å²) in [5.41, 5.74) is 2.43. The van der Waals surface area contributed by atoms with Crippen LogP contribution in [0.25, 0.3) is 0 Å². The van der Waals surface area contributed by atoms with Gasteiger partial charge in [-0.3, -0.25) is 9.59 Å². The van der Waals surface area contributed by atoms with E-state index < -0.39 is 11.5 Å². The fourth-order valence-corrected chi connectivity index (χ4v) is 5.28. The molecule has 0 bridgehead atoms. The number of rotatable bonds is 5. The van der Waals surface area contributed by atoms with Crippen molar-refractivity contribution in [3.63, 3.8) is 0 Å². The molecule has 1 fully saturated rings. The first-order valence-electron chi connectivity index (χ1n) is 11.1. The van der Waals surface area contributed by atoms with Crippen LogP contribution >= 0.6 is 11.6 Å². The van der Waals surface area contributed by atoms with Gasteiger partial charge in [-0.15, -0.1) is 0 Å². The quantitative estimate of drug-likeness (QED) is 0.528. The molecule has 162 valence electrons. The van der Waals surface area contributed by atoms with Crippen LogP contribution in [0.1, 0.15) is 36.8 Å². The van der Waals surface area contributed by atoms with E-state index in [0.717, 1.165) is 35.3 Å². The number of nitrogens with one attached hydrogen (secondary N) is 1. The molecule has 0 radical (unpaired) electrons. The first-order valence-corrected chi connectivity index (χ1v) is 11.5. The van der Waals surface area contributed by atoms with Crippen LogP contribution in [0, 0.1) is 5.92 Å². The summed E-state index contributed by atoms with van der Waals surface area (Å²) in [6, 6.07) is 25.2. The van der Waals surface area contributed by atoms with Crippen LogP contribution in [0.2, 0.25) is 5.02 Å². The van der Waals surface area contributed by atoms with Crippen molar-refractivity contribution in [1.29, 1.82) is 0 Å². The number of hydrogen-bond acceptors (Lipinski definition) is 3. The van der Waals surface area contributed by atoms with Crippen molar-refractivity contribution in [2.45, 2.75) is 37.8 Å². The molecule has 5 heteroatoms. The number of halogens is 1. The smallest absolute Gasteiger partial charge is 0.258 e. The molecule has 1 aliphatic heterocycles. The van der Waals surface area contributed by atoms with Crippen molar-refractivity contribution in [2.24, 2.45) is 5.92 Å². The normalized spacial score (nSPS) is 22.7. The zero-order chi connectivity index (χ0) is 22.1. The molecule has 0 saturated heterocycles. The number of amides is 1. The Hall–Kier alpha value is -3.11. The van der Waals surface area contributed by atoms with Crippen LogP contribution in [-0.2, 0) is 21.7 Å². The maximum absolute atomic E-state index is 14.3. The number of benzene rings is 3. The number of anilines is 2. The first kappa shape index (κ1) is 20.8. The number of nitrogens with zero attached hydrogens (tertiary/aromatic N) is 1. The summed E-state index contributed by atoms with van der Waals surface area (Å²) in [6.45, 7) is 0.460. The SMILES string of the molecule is O=C1CCCCC1C1(Nc2ccc(Cl)cc2)C(=O)N(Cc2ccccc2)c2ccccc21. The van der Waals surface area contributed by atoms with Crippen LogP contribution in [0.4, 0.5) is 11.4 Å². The molecule has 0 aromatic heterocycles. The minimum Gasteiger partial charge on any atom is -0.367 e. The number of ketones is 1. The van der Waals surface area contributed by atoms with E-state index >= 15 is 0 Å². The number of fused-ring (bicyclic) bond motifs is 1. The summed E-state index contributed by atoms with van der Waals surface area (Å²) in [4.78, 5) is 29.3. The minimum absolute atomic E-state index is 0.0715. The number of Topliss-reactive ketones (excluding diaryl/α,β-unsaturated/α-hetero) is 1. The molecule has 1 aliphatic carbocycles. The van der Waals surface area contributed by atoms with E-state index in [4.69, 9.17) is 11.6 Å². The number of carbonyl (C=O) groups is 2. The van der Waals surface area contributed by atoms with Gasteiger partial charge in [0.2, 0.25) is 0 Å². The second kappa shape index (κ2) is 8.44. The number of carbonyl (C=O) groups excluding carboxylic acids is 2. The summed E-state index contributed by atoms with van der Waals surface area (Å²) in [5.74, 6) is -0.332. The molecule has 3 aromatic rings. The predicted octanol–water partition coefficient (Wildman–Crippen LogP) is 5.95. The van der Waals surface area contributed by atoms with E-state index in [9.17, 15) is 9.59 Å². The van der Waals surface area contributed by atoms with Crippen molar-refractivity contribution in [2.75, 3.05) is 10.2 Å². The Bertz CT molecular complexity index is 1150. The Morgan fingerprint density at radius 3 is 2.38 bits per heavy atom. The van der Waals surface area contributed by atoms with Gasteiger partial charge in [0, 0.05) is 22.7 Å². The summed E-state index contributed by atoms with van der Waals surface area (Å²) in [7, 11) is 0.